The fourth-order valence-corrected chi connectivity index (χ4v) is 2.57. The van der Waals surface area contributed by atoms with Crippen molar-refractivity contribution in [3.05, 3.63) is 46.3 Å². The van der Waals surface area contributed by atoms with Crippen molar-refractivity contribution in [3.63, 3.8) is 0 Å². The molecule has 21 heavy (non-hydrogen) atoms. The summed E-state index contributed by atoms with van der Waals surface area (Å²) in [4.78, 5) is 6.38. The number of hydrogen-bond acceptors (Lipinski definition) is 5. The van der Waals surface area contributed by atoms with E-state index >= 15 is 0 Å². The molecule has 3 rings (SSSR count). The molecule has 1 saturated heterocycles. The van der Waals surface area contributed by atoms with E-state index in [1.165, 1.54) is 12.1 Å². The van der Waals surface area contributed by atoms with Crippen LogP contribution >= 0.6 is 11.6 Å². The van der Waals surface area contributed by atoms with Crippen LogP contribution in [-0.2, 0) is 11.3 Å². The van der Waals surface area contributed by atoms with E-state index in [2.05, 4.69) is 15.0 Å². The van der Waals surface area contributed by atoms with Gasteiger partial charge in [-0.05, 0) is 17.7 Å². The first-order chi connectivity index (χ1) is 10.1. The van der Waals surface area contributed by atoms with Crippen molar-refractivity contribution in [3.8, 4) is 0 Å². The van der Waals surface area contributed by atoms with Crippen molar-refractivity contribution in [2.45, 2.75) is 19.6 Å². The predicted octanol–water partition coefficient (Wildman–Crippen LogP) is 2.74. The van der Waals surface area contributed by atoms with Crippen LogP contribution in [0.15, 0.2) is 22.7 Å². The highest BCUT2D eigenvalue weighted by molar-refractivity contribution is 6.31. The van der Waals surface area contributed by atoms with Gasteiger partial charge in [0.05, 0.1) is 6.61 Å². The van der Waals surface area contributed by atoms with Crippen molar-refractivity contribution in [2.75, 3.05) is 19.7 Å². The molecule has 0 unspecified atom stereocenters. The normalized spacial score (nSPS) is 19.9. The van der Waals surface area contributed by atoms with Crippen LogP contribution in [0, 0.1) is 12.7 Å². The van der Waals surface area contributed by atoms with Crippen LogP contribution < -0.4 is 0 Å². The number of benzene rings is 1. The Labute approximate surface area is 126 Å². The third-order valence-electron chi connectivity index (χ3n) is 3.39. The molecule has 1 aromatic carbocycles. The molecule has 1 aliphatic rings. The third-order valence-corrected chi connectivity index (χ3v) is 3.74. The van der Waals surface area contributed by atoms with E-state index < -0.39 is 0 Å². The van der Waals surface area contributed by atoms with Gasteiger partial charge in [0.25, 0.3) is 0 Å². The maximum atomic E-state index is 13.1. The maximum Gasteiger partial charge on any atom is 0.223 e. The molecule has 0 amide bonds. The molecule has 0 spiro atoms. The Bertz CT molecular complexity index is 634. The number of aromatic nitrogens is 2. The second kappa shape index (κ2) is 6.09. The van der Waals surface area contributed by atoms with E-state index in [-0.39, 0.29) is 11.9 Å². The lowest BCUT2D eigenvalue weighted by molar-refractivity contribution is -0.0380. The van der Waals surface area contributed by atoms with Gasteiger partial charge in [0, 0.05) is 31.6 Å². The molecule has 0 saturated carbocycles. The van der Waals surface area contributed by atoms with E-state index in [1.807, 2.05) is 0 Å². The highest BCUT2D eigenvalue weighted by Gasteiger charge is 2.26. The van der Waals surface area contributed by atoms with Gasteiger partial charge in [-0.15, -0.1) is 0 Å². The molecule has 112 valence electrons. The molecule has 0 radical (unpaired) electrons. The predicted molar refractivity (Wildman–Crippen MR) is 74.4 cm³/mol. The van der Waals surface area contributed by atoms with Crippen LogP contribution in [0.3, 0.4) is 0 Å². The van der Waals surface area contributed by atoms with Crippen molar-refractivity contribution in [1.29, 1.82) is 0 Å². The van der Waals surface area contributed by atoms with Crippen LogP contribution in [0.25, 0.3) is 0 Å². The van der Waals surface area contributed by atoms with Gasteiger partial charge in [0.15, 0.2) is 0 Å². The summed E-state index contributed by atoms with van der Waals surface area (Å²) in [5.74, 6) is 0.751. The van der Waals surface area contributed by atoms with E-state index in [0.29, 0.717) is 36.4 Å². The molecule has 2 heterocycles. The number of rotatable bonds is 3. The number of nitrogens with zero attached hydrogens (tertiary/aromatic N) is 3. The van der Waals surface area contributed by atoms with Gasteiger partial charge >= 0.3 is 0 Å². The SMILES string of the molecule is Cc1nc([C@@H]2CN(Cc3ccc(F)cc3Cl)CCO2)no1. The summed E-state index contributed by atoms with van der Waals surface area (Å²) in [5, 5.41) is 4.34. The second-order valence-electron chi connectivity index (χ2n) is 5.00. The Kier molecular flexibility index (Phi) is 4.19. The average molecular weight is 312 g/mol. The van der Waals surface area contributed by atoms with Gasteiger partial charge in [0.1, 0.15) is 11.9 Å². The molecule has 5 nitrogen and oxygen atoms in total. The van der Waals surface area contributed by atoms with Gasteiger partial charge in [-0.3, -0.25) is 4.90 Å². The summed E-state index contributed by atoms with van der Waals surface area (Å²) in [5.41, 5.74) is 0.892. The molecule has 7 heteroatoms. The number of ether oxygens (including phenoxy) is 1. The number of hydrogen-bond donors (Lipinski definition) is 0. The second-order valence-corrected chi connectivity index (χ2v) is 5.41. The minimum atomic E-state index is -0.328. The first kappa shape index (κ1) is 14.4. The molecule has 1 aromatic heterocycles. The Morgan fingerprint density at radius 3 is 3.05 bits per heavy atom. The van der Waals surface area contributed by atoms with Gasteiger partial charge in [-0.2, -0.15) is 4.98 Å². The summed E-state index contributed by atoms with van der Waals surface area (Å²) in [6, 6.07) is 4.46. The molecule has 1 aliphatic heterocycles. The lowest BCUT2D eigenvalue weighted by atomic mass is 10.1. The zero-order valence-electron chi connectivity index (χ0n) is 11.6. The van der Waals surface area contributed by atoms with Crippen LogP contribution in [0.1, 0.15) is 23.4 Å². The maximum absolute atomic E-state index is 13.1. The molecule has 2 aromatic rings. The monoisotopic (exact) mass is 311 g/mol. The Hall–Kier alpha value is -1.50. The first-order valence-corrected chi connectivity index (χ1v) is 7.08. The molecular formula is C14H15ClFN3O2. The highest BCUT2D eigenvalue weighted by Crippen LogP contribution is 2.24. The zero-order chi connectivity index (χ0) is 14.8. The summed E-state index contributed by atoms with van der Waals surface area (Å²) in [6.45, 7) is 4.38. The molecule has 1 atom stereocenters. The Balaban J connectivity index is 1.68. The standard InChI is InChI=1S/C14H15ClFN3O2/c1-9-17-14(18-21-9)13-8-19(4-5-20-13)7-10-2-3-11(16)6-12(10)15/h2-3,6,13H,4-5,7-8H2,1H3/t13-/m0/s1. The van der Waals surface area contributed by atoms with Gasteiger partial charge in [-0.1, -0.05) is 22.8 Å². The van der Waals surface area contributed by atoms with Crippen molar-refractivity contribution in [2.24, 2.45) is 0 Å². The van der Waals surface area contributed by atoms with Crippen LogP contribution in [-0.4, -0.2) is 34.7 Å². The van der Waals surface area contributed by atoms with Crippen molar-refractivity contribution < 1.29 is 13.7 Å². The number of morpholine rings is 1. The minimum Gasteiger partial charge on any atom is -0.367 e. The van der Waals surface area contributed by atoms with Gasteiger partial charge in [-0.25, -0.2) is 4.39 Å². The average Bonchev–Trinajstić information content (AvgIpc) is 2.89. The highest BCUT2D eigenvalue weighted by atomic mass is 35.5. The lowest BCUT2D eigenvalue weighted by Crippen LogP contribution is -2.38. The largest absolute Gasteiger partial charge is 0.367 e. The quantitative estimate of drug-likeness (QED) is 0.872. The number of halogens is 2. The van der Waals surface area contributed by atoms with Gasteiger partial charge in [0.2, 0.25) is 11.7 Å². The lowest BCUT2D eigenvalue weighted by Gasteiger charge is -2.31. The third kappa shape index (κ3) is 3.40. The summed E-state index contributed by atoms with van der Waals surface area (Å²) < 4.78 is 23.7. The van der Waals surface area contributed by atoms with E-state index in [0.717, 1.165) is 12.1 Å². The van der Waals surface area contributed by atoms with Crippen LogP contribution in [0.4, 0.5) is 4.39 Å². The van der Waals surface area contributed by atoms with E-state index in [1.54, 1.807) is 13.0 Å². The van der Waals surface area contributed by atoms with Crippen LogP contribution in [0.2, 0.25) is 5.02 Å². The fourth-order valence-electron chi connectivity index (χ4n) is 2.34. The van der Waals surface area contributed by atoms with E-state index in [4.69, 9.17) is 20.9 Å². The Morgan fingerprint density at radius 1 is 1.48 bits per heavy atom. The molecule has 1 fully saturated rings. The molecular weight excluding hydrogens is 297 g/mol. The summed E-state index contributed by atoms with van der Waals surface area (Å²) in [7, 11) is 0. The van der Waals surface area contributed by atoms with Crippen LogP contribution in [0.5, 0.6) is 0 Å². The topological polar surface area (TPSA) is 51.4 Å². The summed E-state index contributed by atoms with van der Waals surface area (Å²) >= 11 is 6.07. The van der Waals surface area contributed by atoms with E-state index in [9.17, 15) is 4.39 Å². The zero-order valence-corrected chi connectivity index (χ0v) is 12.3. The van der Waals surface area contributed by atoms with Crippen molar-refractivity contribution in [1.82, 2.24) is 15.0 Å². The summed E-state index contributed by atoms with van der Waals surface area (Å²) in [6.07, 6.45) is -0.213. The fraction of sp³-hybridized carbons (Fsp3) is 0.429. The first-order valence-electron chi connectivity index (χ1n) is 6.70. The van der Waals surface area contributed by atoms with Crippen molar-refractivity contribution >= 4 is 11.6 Å². The molecule has 0 aliphatic carbocycles. The minimum absolute atomic E-state index is 0.213. The van der Waals surface area contributed by atoms with Gasteiger partial charge < -0.3 is 9.26 Å². The molecule has 0 bridgehead atoms. The molecule has 0 N–H and O–H groups in total. The number of aryl methyl sites for hydroxylation is 1. The smallest absolute Gasteiger partial charge is 0.223 e. The Morgan fingerprint density at radius 2 is 2.33 bits per heavy atom.